The van der Waals surface area contributed by atoms with Gasteiger partial charge in [0.05, 0.1) is 6.10 Å². The molecule has 3 saturated carbocycles. The SMILES string of the molecule is NCCC1CC(C2CC2O)CCC1C1CCCC(CS)C1. The van der Waals surface area contributed by atoms with Gasteiger partial charge in [0.25, 0.3) is 0 Å². The van der Waals surface area contributed by atoms with Gasteiger partial charge in [0, 0.05) is 0 Å². The molecule has 3 aliphatic carbocycles. The second-order valence-corrected chi connectivity index (χ2v) is 8.38. The minimum absolute atomic E-state index is 0.0216. The lowest BCUT2D eigenvalue weighted by molar-refractivity contribution is 0.0706. The van der Waals surface area contributed by atoms with Crippen LogP contribution in [0.2, 0.25) is 0 Å². The summed E-state index contributed by atoms with van der Waals surface area (Å²) in [5.74, 6) is 6.00. The molecule has 2 nitrogen and oxygen atoms in total. The van der Waals surface area contributed by atoms with Crippen LogP contribution in [-0.4, -0.2) is 23.5 Å². The van der Waals surface area contributed by atoms with Crippen molar-refractivity contribution in [1.29, 1.82) is 0 Å². The topological polar surface area (TPSA) is 46.2 Å². The van der Waals surface area contributed by atoms with Gasteiger partial charge in [0.1, 0.15) is 0 Å². The zero-order chi connectivity index (χ0) is 14.8. The van der Waals surface area contributed by atoms with Gasteiger partial charge in [0.2, 0.25) is 0 Å². The highest BCUT2D eigenvalue weighted by Gasteiger charge is 2.46. The Morgan fingerprint density at radius 1 is 0.952 bits per heavy atom. The molecule has 7 unspecified atom stereocenters. The second-order valence-electron chi connectivity index (χ2n) is 8.02. The van der Waals surface area contributed by atoms with Crippen molar-refractivity contribution in [2.45, 2.75) is 63.9 Å². The molecule has 0 heterocycles. The van der Waals surface area contributed by atoms with Crippen molar-refractivity contribution in [3.63, 3.8) is 0 Å². The van der Waals surface area contributed by atoms with E-state index in [0.717, 1.165) is 48.3 Å². The molecule has 0 aromatic carbocycles. The van der Waals surface area contributed by atoms with E-state index in [1.807, 2.05) is 0 Å². The Balaban J connectivity index is 1.60. The molecular weight excluding hydrogens is 278 g/mol. The fourth-order valence-corrected chi connectivity index (χ4v) is 5.81. The van der Waals surface area contributed by atoms with Gasteiger partial charge in [0.15, 0.2) is 0 Å². The largest absolute Gasteiger partial charge is 0.393 e. The van der Waals surface area contributed by atoms with Gasteiger partial charge in [-0.05, 0) is 92.8 Å². The zero-order valence-corrected chi connectivity index (χ0v) is 14.2. The molecule has 3 aliphatic rings. The quantitative estimate of drug-likeness (QED) is 0.681. The van der Waals surface area contributed by atoms with Gasteiger partial charge in [-0.3, -0.25) is 0 Å². The van der Waals surface area contributed by atoms with Crippen molar-refractivity contribution >= 4 is 12.6 Å². The molecule has 0 spiro atoms. The van der Waals surface area contributed by atoms with Gasteiger partial charge >= 0.3 is 0 Å². The van der Waals surface area contributed by atoms with Gasteiger partial charge < -0.3 is 10.8 Å². The monoisotopic (exact) mass is 311 g/mol. The van der Waals surface area contributed by atoms with E-state index in [0.29, 0.717) is 5.92 Å². The van der Waals surface area contributed by atoms with E-state index < -0.39 is 0 Å². The van der Waals surface area contributed by atoms with E-state index in [2.05, 4.69) is 12.6 Å². The summed E-state index contributed by atoms with van der Waals surface area (Å²) in [6.07, 6.45) is 12.0. The van der Waals surface area contributed by atoms with Gasteiger partial charge in [-0.1, -0.05) is 12.8 Å². The van der Waals surface area contributed by atoms with Crippen LogP contribution in [0.4, 0.5) is 0 Å². The van der Waals surface area contributed by atoms with Crippen LogP contribution in [0, 0.1) is 35.5 Å². The molecule has 0 amide bonds. The maximum absolute atomic E-state index is 9.74. The molecule has 0 radical (unpaired) electrons. The lowest BCUT2D eigenvalue weighted by Crippen LogP contribution is -2.35. The van der Waals surface area contributed by atoms with Crippen molar-refractivity contribution in [2.75, 3.05) is 12.3 Å². The predicted molar refractivity (Wildman–Crippen MR) is 91.4 cm³/mol. The maximum atomic E-state index is 9.74. The molecule has 0 saturated heterocycles. The van der Waals surface area contributed by atoms with Crippen LogP contribution < -0.4 is 5.73 Å². The summed E-state index contributed by atoms with van der Waals surface area (Å²) in [6, 6.07) is 0. The highest BCUT2D eigenvalue weighted by Crippen LogP contribution is 2.51. The lowest BCUT2D eigenvalue weighted by Gasteiger charge is -2.43. The van der Waals surface area contributed by atoms with Crippen molar-refractivity contribution in [3.05, 3.63) is 0 Å². The summed E-state index contributed by atoms with van der Waals surface area (Å²) < 4.78 is 0. The standard InChI is InChI=1S/C18H33NOS/c19-7-6-15-9-14(17-10-18(17)20)4-5-16(15)13-3-1-2-12(8-13)11-21/h12-18,20-21H,1-11,19H2. The van der Waals surface area contributed by atoms with E-state index in [-0.39, 0.29) is 6.10 Å². The van der Waals surface area contributed by atoms with Crippen molar-refractivity contribution < 1.29 is 5.11 Å². The number of hydrogen-bond acceptors (Lipinski definition) is 3. The molecule has 7 atom stereocenters. The first-order valence-corrected chi connectivity index (χ1v) is 9.85. The van der Waals surface area contributed by atoms with Gasteiger partial charge in [-0.2, -0.15) is 12.6 Å². The van der Waals surface area contributed by atoms with Crippen LogP contribution in [0.3, 0.4) is 0 Å². The minimum atomic E-state index is 0.0216. The van der Waals surface area contributed by atoms with E-state index in [4.69, 9.17) is 5.73 Å². The van der Waals surface area contributed by atoms with Crippen LogP contribution >= 0.6 is 12.6 Å². The Kier molecular flexibility index (Phi) is 5.55. The fourth-order valence-electron chi connectivity index (χ4n) is 5.47. The molecule has 3 N–H and O–H groups in total. The van der Waals surface area contributed by atoms with Crippen LogP contribution in [0.25, 0.3) is 0 Å². The minimum Gasteiger partial charge on any atom is -0.393 e. The number of aliphatic hydroxyl groups is 1. The molecule has 3 fully saturated rings. The Morgan fingerprint density at radius 2 is 1.71 bits per heavy atom. The van der Waals surface area contributed by atoms with E-state index >= 15 is 0 Å². The summed E-state index contributed by atoms with van der Waals surface area (Å²) in [4.78, 5) is 0. The van der Waals surface area contributed by atoms with Crippen LogP contribution in [-0.2, 0) is 0 Å². The molecule has 0 bridgehead atoms. The Bertz CT molecular complexity index is 337. The van der Waals surface area contributed by atoms with E-state index in [9.17, 15) is 5.11 Å². The first-order chi connectivity index (χ1) is 10.2. The second kappa shape index (κ2) is 7.23. The third kappa shape index (κ3) is 3.79. The highest BCUT2D eigenvalue weighted by molar-refractivity contribution is 7.80. The third-order valence-corrected chi connectivity index (χ3v) is 7.23. The molecule has 0 aromatic heterocycles. The predicted octanol–water partition coefficient (Wildman–Crippen LogP) is 3.48. The molecule has 21 heavy (non-hydrogen) atoms. The van der Waals surface area contributed by atoms with Crippen LogP contribution in [0.5, 0.6) is 0 Å². The molecule has 0 aliphatic heterocycles. The summed E-state index contributed by atoms with van der Waals surface area (Å²) in [6.45, 7) is 0.837. The zero-order valence-electron chi connectivity index (χ0n) is 13.3. The fraction of sp³-hybridized carbons (Fsp3) is 1.00. The average Bonchev–Trinajstić information content (AvgIpc) is 3.24. The summed E-state index contributed by atoms with van der Waals surface area (Å²) >= 11 is 4.54. The maximum Gasteiger partial charge on any atom is 0.0575 e. The Labute approximate surface area is 135 Å². The number of hydrogen-bond donors (Lipinski definition) is 3. The van der Waals surface area contributed by atoms with E-state index in [1.54, 1.807) is 0 Å². The summed E-state index contributed by atoms with van der Waals surface area (Å²) in [7, 11) is 0. The van der Waals surface area contributed by atoms with Gasteiger partial charge in [-0.25, -0.2) is 0 Å². The lowest BCUT2D eigenvalue weighted by atomic mass is 9.63. The third-order valence-electron chi connectivity index (χ3n) is 6.72. The molecule has 122 valence electrons. The first-order valence-electron chi connectivity index (χ1n) is 9.21. The summed E-state index contributed by atoms with van der Waals surface area (Å²) in [5.41, 5.74) is 5.91. The number of rotatable bonds is 5. The molecule has 0 aromatic rings. The molecular formula is C18H33NOS. The number of thiol groups is 1. The molecule has 3 rings (SSSR count). The summed E-state index contributed by atoms with van der Waals surface area (Å²) in [5, 5.41) is 9.74. The van der Waals surface area contributed by atoms with Crippen molar-refractivity contribution in [2.24, 2.45) is 41.2 Å². The normalized spacial score (nSPS) is 47.3. The Hall–Kier alpha value is 0.270. The Morgan fingerprint density at radius 3 is 2.38 bits per heavy atom. The smallest absolute Gasteiger partial charge is 0.0575 e. The van der Waals surface area contributed by atoms with Gasteiger partial charge in [-0.15, -0.1) is 0 Å². The first kappa shape index (κ1) is 16.1. The highest BCUT2D eigenvalue weighted by atomic mass is 32.1. The number of nitrogens with two attached hydrogens (primary N) is 1. The van der Waals surface area contributed by atoms with Crippen molar-refractivity contribution in [3.8, 4) is 0 Å². The van der Waals surface area contributed by atoms with Crippen LogP contribution in [0.1, 0.15) is 57.8 Å². The van der Waals surface area contributed by atoms with E-state index in [1.165, 1.54) is 51.4 Å². The number of aliphatic hydroxyl groups excluding tert-OH is 1. The van der Waals surface area contributed by atoms with Crippen molar-refractivity contribution in [1.82, 2.24) is 0 Å². The average molecular weight is 312 g/mol. The van der Waals surface area contributed by atoms with Crippen LogP contribution in [0.15, 0.2) is 0 Å². The molecule has 3 heteroatoms.